The molecule has 0 spiro atoms. The first-order valence-corrected chi connectivity index (χ1v) is 6.73. The fraction of sp³-hybridized carbons (Fsp3) is 0.500. The van der Waals surface area contributed by atoms with E-state index in [1.165, 1.54) is 5.56 Å². The number of carbonyl (C=O) groups is 1. The predicted molar refractivity (Wildman–Crippen MR) is 74.8 cm³/mol. The quantitative estimate of drug-likeness (QED) is 0.775. The number of likely N-dealkylation sites (tertiary alicyclic amines) is 1. The van der Waals surface area contributed by atoms with Crippen molar-refractivity contribution < 1.29 is 4.79 Å². The number of rotatable bonds is 1. The van der Waals surface area contributed by atoms with Gasteiger partial charge in [0.25, 0.3) is 5.91 Å². The standard InChI is InChI=1S/C16H20N2O/c1-12-4-5-14(13(2)10-12)15(19)18-8-6-16(3,11-17)7-9-18/h4-5,10H,6-9H2,1-3H3. The van der Waals surface area contributed by atoms with Gasteiger partial charge in [-0.15, -0.1) is 0 Å². The Morgan fingerprint density at radius 3 is 2.47 bits per heavy atom. The highest BCUT2D eigenvalue weighted by molar-refractivity contribution is 5.95. The summed E-state index contributed by atoms with van der Waals surface area (Å²) in [6.45, 7) is 7.34. The summed E-state index contributed by atoms with van der Waals surface area (Å²) in [5, 5.41) is 9.11. The molecule has 19 heavy (non-hydrogen) atoms. The fourth-order valence-electron chi connectivity index (χ4n) is 2.54. The highest BCUT2D eigenvalue weighted by atomic mass is 16.2. The van der Waals surface area contributed by atoms with E-state index in [4.69, 9.17) is 5.26 Å². The molecule has 1 amide bonds. The molecule has 1 aliphatic heterocycles. The number of hydrogen-bond donors (Lipinski definition) is 0. The monoisotopic (exact) mass is 256 g/mol. The lowest BCUT2D eigenvalue weighted by atomic mass is 9.82. The first-order valence-electron chi connectivity index (χ1n) is 6.73. The van der Waals surface area contributed by atoms with Crippen molar-refractivity contribution in [2.24, 2.45) is 5.41 Å². The summed E-state index contributed by atoms with van der Waals surface area (Å²) in [5.74, 6) is 0.0949. The Bertz CT molecular complexity index is 534. The molecule has 1 aliphatic rings. The summed E-state index contributed by atoms with van der Waals surface area (Å²) in [5.41, 5.74) is 2.72. The lowest BCUT2D eigenvalue weighted by Crippen LogP contribution is -2.41. The molecule has 0 saturated carbocycles. The average Bonchev–Trinajstić information content (AvgIpc) is 2.39. The van der Waals surface area contributed by atoms with E-state index in [0.717, 1.165) is 24.0 Å². The van der Waals surface area contributed by atoms with Crippen LogP contribution in [0.2, 0.25) is 0 Å². The maximum absolute atomic E-state index is 12.5. The van der Waals surface area contributed by atoms with Gasteiger partial charge in [0.15, 0.2) is 0 Å². The van der Waals surface area contributed by atoms with Crippen LogP contribution in [0.1, 0.15) is 41.3 Å². The van der Waals surface area contributed by atoms with Crippen LogP contribution in [0.25, 0.3) is 0 Å². The van der Waals surface area contributed by atoms with Gasteiger partial charge < -0.3 is 4.90 Å². The molecule has 0 bridgehead atoms. The molecule has 100 valence electrons. The zero-order valence-corrected chi connectivity index (χ0v) is 11.9. The van der Waals surface area contributed by atoms with Crippen molar-refractivity contribution in [3.8, 4) is 6.07 Å². The Hall–Kier alpha value is -1.82. The highest BCUT2D eigenvalue weighted by Crippen LogP contribution is 2.30. The molecule has 0 radical (unpaired) electrons. The van der Waals surface area contributed by atoms with E-state index in [1.54, 1.807) is 0 Å². The Balaban J connectivity index is 2.12. The zero-order chi connectivity index (χ0) is 14.0. The third-order valence-electron chi connectivity index (χ3n) is 4.04. The minimum absolute atomic E-state index is 0.0949. The summed E-state index contributed by atoms with van der Waals surface area (Å²) in [7, 11) is 0. The van der Waals surface area contributed by atoms with Crippen LogP contribution < -0.4 is 0 Å². The molecule has 3 nitrogen and oxygen atoms in total. The first kappa shape index (κ1) is 13.6. The highest BCUT2D eigenvalue weighted by Gasteiger charge is 2.32. The van der Waals surface area contributed by atoms with E-state index < -0.39 is 0 Å². The Kier molecular flexibility index (Phi) is 3.61. The Labute approximate surface area is 114 Å². The minimum Gasteiger partial charge on any atom is -0.339 e. The molecule has 0 aromatic heterocycles. The third-order valence-corrected chi connectivity index (χ3v) is 4.04. The SMILES string of the molecule is Cc1ccc(C(=O)N2CCC(C)(C#N)CC2)c(C)c1. The van der Waals surface area contributed by atoms with Gasteiger partial charge in [-0.1, -0.05) is 17.7 Å². The number of piperidine rings is 1. The average molecular weight is 256 g/mol. The summed E-state index contributed by atoms with van der Waals surface area (Å²) in [6.07, 6.45) is 1.53. The van der Waals surface area contributed by atoms with E-state index in [-0.39, 0.29) is 11.3 Å². The molecular weight excluding hydrogens is 236 g/mol. The van der Waals surface area contributed by atoms with Crippen molar-refractivity contribution in [2.75, 3.05) is 13.1 Å². The smallest absolute Gasteiger partial charge is 0.254 e. The summed E-state index contributed by atoms with van der Waals surface area (Å²) < 4.78 is 0. The number of amides is 1. The first-order chi connectivity index (χ1) is 8.95. The second kappa shape index (κ2) is 5.05. The van der Waals surface area contributed by atoms with Crippen LogP contribution in [-0.2, 0) is 0 Å². The van der Waals surface area contributed by atoms with E-state index in [2.05, 4.69) is 6.07 Å². The van der Waals surface area contributed by atoms with Crippen molar-refractivity contribution >= 4 is 5.91 Å². The number of nitriles is 1. The van der Waals surface area contributed by atoms with Crippen LogP contribution in [0.15, 0.2) is 18.2 Å². The van der Waals surface area contributed by atoms with Crippen molar-refractivity contribution in [1.29, 1.82) is 5.26 Å². The van der Waals surface area contributed by atoms with Crippen LogP contribution >= 0.6 is 0 Å². The molecule has 1 fully saturated rings. The topological polar surface area (TPSA) is 44.1 Å². The van der Waals surface area contributed by atoms with Crippen LogP contribution in [-0.4, -0.2) is 23.9 Å². The molecule has 3 heteroatoms. The minimum atomic E-state index is -0.265. The van der Waals surface area contributed by atoms with E-state index >= 15 is 0 Å². The van der Waals surface area contributed by atoms with Crippen molar-refractivity contribution in [1.82, 2.24) is 4.90 Å². The van der Waals surface area contributed by atoms with Gasteiger partial charge in [0.2, 0.25) is 0 Å². The summed E-state index contributed by atoms with van der Waals surface area (Å²) in [6, 6.07) is 8.28. The maximum atomic E-state index is 12.5. The van der Waals surface area contributed by atoms with Gasteiger partial charge in [-0.3, -0.25) is 4.79 Å². The summed E-state index contributed by atoms with van der Waals surface area (Å²) in [4.78, 5) is 14.3. The fourth-order valence-corrected chi connectivity index (χ4v) is 2.54. The number of hydrogen-bond acceptors (Lipinski definition) is 2. The molecular formula is C16H20N2O. The van der Waals surface area contributed by atoms with Crippen LogP contribution in [0.3, 0.4) is 0 Å². The largest absolute Gasteiger partial charge is 0.339 e. The van der Waals surface area contributed by atoms with Gasteiger partial charge in [-0.2, -0.15) is 5.26 Å². The molecule has 1 heterocycles. The second-order valence-electron chi connectivity index (χ2n) is 5.78. The van der Waals surface area contributed by atoms with E-state index in [1.807, 2.05) is 43.9 Å². The van der Waals surface area contributed by atoms with Crippen molar-refractivity contribution in [3.63, 3.8) is 0 Å². The molecule has 1 aromatic rings. The lowest BCUT2D eigenvalue weighted by Gasteiger charge is -2.35. The Morgan fingerprint density at radius 2 is 1.95 bits per heavy atom. The number of carbonyl (C=O) groups excluding carboxylic acids is 1. The van der Waals surface area contributed by atoms with Crippen LogP contribution in [0, 0.1) is 30.6 Å². The van der Waals surface area contributed by atoms with Gasteiger partial charge in [-0.05, 0) is 45.2 Å². The number of nitrogens with zero attached hydrogens (tertiary/aromatic N) is 2. The van der Waals surface area contributed by atoms with Crippen molar-refractivity contribution in [3.05, 3.63) is 34.9 Å². The molecule has 1 saturated heterocycles. The molecule has 0 atom stereocenters. The van der Waals surface area contributed by atoms with Gasteiger partial charge in [-0.25, -0.2) is 0 Å². The molecule has 0 N–H and O–H groups in total. The van der Waals surface area contributed by atoms with Gasteiger partial charge in [0.1, 0.15) is 0 Å². The number of aryl methyl sites for hydroxylation is 2. The van der Waals surface area contributed by atoms with Gasteiger partial charge in [0, 0.05) is 18.7 Å². The molecule has 0 unspecified atom stereocenters. The van der Waals surface area contributed by atoms with E-state index in [9.17, 15) is 4.79 Å². The van der Waals surface area contributed by atoms with Crippen LogP contribution in [0.4, 0.5) is 0 Å². The van der Waals surface area contributed by atoms with Crippen LogP contribution in [0.5, 0.6) is 0 Å². The number of benzene rings is 1. The third kappa shape index (κ3) is 2.78. The van der Waals surface area contributed by atoms with Gasteiger partial charge in [0.05, 0.1) is 11.5 Å². The summed E-state index contributed by atoms with van der Waals surface area (Å²) >= 11 is 0. The Morgan fingerprint density at radius 1 is 1.32 bits per heavy atom. The van der Waals surface area contributed by atoms with E-state index in [0.29, 0.717) is 13.1 Å². The normalized spacial score (nSPS) is 17.9. The van der Waals surface area contributed by atoms with Gasteiger partial charge >= 0.3 is 0 Å². The second-order valence-corrected chi connectivity index (χ2v) is 5.78. The lowest BCUT2D eigenvalue weighted by molar-refractivity contribution is 0.0661. The zero-order valence-electron chi connectivity index (χ0n) is 11.9. The molecule has 1 aromatic carbocycles. The molecule has 0 aliphatic carbocycles. The predicted octanol–water partition coefficient (Wildman–Crippen LogP) is 3.07. The maximum Gasteiger partial charge on any atom is 0.254 e. The van der Waals surface area contributed by atoms with Crippen molar-refractivity contribution in [2.45, 2.75) is 33.6 Å². The molecule has 2 rings (SSSR count).